The molecule has 0 aromatic carbocycles. The minimum atomic E-state index is -2.87. The van der Waals surface area contributed by atoms with Crippen LogP contribution in [0.2, 0.25) is 0 Å². The molecule has 1 unspecified atom stereocenters. The lowest BCUT2D eigenvalue weighted by molar-refractivity contribution is 0.517. The lowest BCUT2D eigenvalue weighted by Gasteiger charge is -2.20. The van der Waals surface area contributed by atoms with Crippen LogP contribution in [0.3, 0.4) is 0 Å². The average Bonchev–Trinajstić information content (AvgIpc) is 1.82. The highest BCUT2D eigenvalue weighted by molar-refractivity contribution is 7.91. The molecule has 72 valence electrons. The van der Waals surface area contributed by atoms with Crippen LogP contribution in [0.15, 0.2) is 0 Å². The molecule has 12 heavy (non-hydrogen) atoms. The van der Waals surface area contributed by atoms with Crippen LogP contribution < -0.4 is 5.14 Å². The lowest BCUT2D eigenvalue weighted by atomic mass is 10.1. The maximum atomic E-state index is 11.1. The Bertz CT molecular complexity index is 273. The molecule has 1 aliphatic rings. The molecule has 0 amide bonds. The summed E-state index contributed by atoms with van der Waals surface area (Å²) in [6.07, 6.45) is 1.52. The van der Waals surface area contributed by atoms with Gasteiger partial charge in [-0.2, -0.15) is 0 Å². The molecular formula is C6H13NO3S2. The fourth-order valence-electron chi connectivity index (χ4n) is 1.48. The zero-order chi connectivity index (χ0) is 9.19. The Labute approximate surface area is 75.0 Å². The van der Waals surface area contributed by atoms with Crippen molar-refractivity contribution in [1.82, 2.24) is 0 Å². The summed E-state index contributed by atoms with van der Waals surface area (Å²) < 4.78 is 32.8. The number of hydrogen-bond acceptors (Lipinski definition) is 3. The van der Waals surface area contributed by atoms with E-state index in [1.165, 1.54) is 0 Å². The van der Waals surface area contributed by atoms with Crippen molar-refractivity contribution >= 4 is 20.8 Å². The molecule has 1 fully saturated rings. The molecule has 0 aliphatic carbocycles. The summed E-state index contributed by atoms with van der Waals surface area (Å²) in [4.78, 5) is 0. The monoisotopic (exact) mass is 211 g/mol. The number of sulfone groups is 1. The third kappa shape index (κ3) is 3.20. The van der Waals surface area contributed by atoms with Crippen molar-refractivity contribution in [3.05, 3.63) is 0 Å². The van der Waals surface area contributed by atoms with Crippen LogP contribution in [0, 0.1) is 5.92 Å². The third-order valence-corrected chi connectivity index (χ3v) is 4.65. The second-order valence-corrected chi connectivity index (χ2v) is 6.49. The summed E-state index contributed by atoms with van der Waals surface area (Å²) in [5.74, 6) is 0.769. The first-order chi connectivity index (χ1) is 5.49. The molecule has 1 saturated heterocycles. The molecule has 0 radical (unpaired) electrons. The topological polar surface area (TPSA) is 77.2 Å². The van der Waals surface area contributed by atoms with Crippen molar-refractivity contribution in [2.75, 3.05) is 17.3 Å². The van der Waals surface area contributed by atoms with Crippen LogP contribution in [-0.2, 0) is 20.8 Å². The standard InChI is InChI=1S/C6H13NO3S2/c7-11(8)4-6-2-1-3-12(9,10)5-6/h6H,1-5,7H2/t6?,11-/m1/s1. The Morgan fingerprint density at radius 3 is 2.67 bits per heavy atom. The summed E-state index contributed by atoms with van der Waals surface area (Å²) in [7, 11) is -4.23. The Balaban J connectivity index is 2.53. The highest BCUT2D eigenvalue weighted by atomic mass is 32.2. The normalized spacial score (nSPS) is 31.2. The van der Waals surface area contributed by atoms with E-state index in [9.17, 15) is 12.6 Å². The molecule has 1 aliphatic heterocycles. The Kier molecular flexibility index (Phi) is 3.25. The Hall–Kier alpha value is 0.0600. The summed E-state index contributed by atoms with van der Waals surface area (Å²) >= 11 is 0. The molecule has 0 aromatic heterocycles. The van der Waals surface area contributed by atoms with Gasteiger partial charge in [-0.15, -0.1) is 0 Å². The molecule has 6 heteroatoms. The van der Waals surface area contributed by atoms with E-state index in [0.717, 1.165) is 6.42 Å². The molecular weight excluding hydrogens is 198 g/mol. The molecule has 2 N–H and O–H groups in total. The first-order valence-electron chi connectivity index (χ1n) is 3.83. The van der Waals surface area contributed by atoms with Gasteiger partial charge in [0.15, 0.2) is 9.84 Å². The summed E-state index contributed by atoms with van der Waals surface area (Å²) in [6.45, 7) is 0. The van der Waals surface area contributed by atoms with E-state index >= 15 is 0 Å². The van der Waals surface area contributed by atoms with Gasteiger partial charge in [0, 0.05) is 5.75 Å². The van der Waals surface area contributed by atoms with E-state index in [-0.39, 0.29) is 17.4 Å². The van der Waals surface area contributed by atoms with Crippen LogP contribution in [0.4, 0.5) is 0 Å². The summed E-state index contributed by atoms with van der Waals surface area (Å²) in [5.41, 5.74) is 0. The predicted molar refractivity (Wildman–Crippen MR) is 48.6 cm³/mol. The van der Waals surface area contributed by atoms with E-state index < -0.39 is 20.8 Å². The van der Waals surface area contributed by atoms with E-state index in [1.807, 2.05) is 0 Å². The number of hydrogen-bond donors (Lipinski definition) is 1. The predicted octanol–water partition coefficient (Wildman–Crippen LogP) is -0.566. The largest absolute Gasteiger partial charge is 0.252 e. The van der Waals surface area contributed by atoms with Crippen molar-refractivity contribution < 1.29 is 12.6 Å². The van der Waals surface area contributed by atoms with Gasteiger partial charge in [-0.25, -0.2) is 12.6 Å². The van der Waals surface area contributed by atoms with Crippen LogP contribution in [-0.4, -0.2) is 29.9 Å². The van der Waals surface area contributed by atoms with Gasteiger partial charge < -0.3 is 0 Å². The summed E-state index contributed by atoms with van der Waals surface area (Å²) in [5, 5.41) is 5.09. The zero-order valence-electron chi connectivity index (χ0n) is 6.73. The smallest absolute Gasteiger partial charge is 0.150 e. The van der Waals surface area contributed by atoms with Crippen LogP contribution in [0.25, 0.3) is 0 Å². The van der Waals surface area contributed by atoms with E-state index in [2.05, 4.69) is 0 Å². The van der Waals surface area contributed by atoms with E-state index in [1.54, 1.807) is 0 Å². The third-order valence-electron chi connectivity index (χ3n) is 1.96. The molecule has 1 rings (SSSR count). The maximum absolute atomic E-state index is 11.1. The molecule has 0 saturated carbocycles. The molecule has 1 heterocycles. The summed E-state index contributed by atoms with van der Waals surface area (Å²) in [6, 6.07) is 0. The van der Waals surface area contributed by atoms with Crippen molar-refractivity contribution in [2.24, 2.45) is 11.1 Å². The number of rotatable bonds is 2. The SMILES string of the molecule is N[S@](=O)CC1CCCS(=O)(=O)C1. The molecule has 0 bridgehead atoms. The molecule has 2 atom stereocenters. The average molecular weight is 211 g/mol. The van der Waals surface area contributed by atoms with Gasteiger partial charge in [-0.1, -0.05) is 0 Å². The first kappa shape index (κ1) is 10.1. The van der Waals surface area contributed by atoms with Crippen LogP contribution >= 0.6 is 0 Å². The second-order valence-electron chi connectivity index (χ2n) is 3.17. The molecule has 4 nitrogen and oxygen atoms in total. The fourth-order valence-corrected chi connectivity index (χ4v) is 4.16. The zero-order valence-corrected chi connectivity index (χ0v) is 8.36. The van der Waals surface area contributed by atoms with Gasteiger partial charge in [-0.3, -0.25) is 5.14 Å². The van der Waals surface area contributed by atoms with E-state index in [0.29, 0.717) is 12.2 Å². The lowest BCUT2D eigenvalue weighted by Crippen LogP contribution is -2.30. The quantitative estimate of drug-likeness (QED) is 0.664. The highest BCUT2D eigenvalue weighted by Gasteiger charge is 2.25. The van der Waals surface area contributed by atoms with Gasteiger partial charge in [0.2, 0.25) is 0 Å². The Morgan fingerprint density at radius 1 is 1.50 bits per heavy atom. The van der Waals surface area contributed by atoms with Gasteiger partial charge in [0.05, 0.1) is 22.5 Å². The van der Waals surface area contributed by atoms with Crippen LogP contribution in [0.5, 0.6) is 0 Å². The Morgan fingerprint density at radius 2 is 2.17 bits per heavy atom. The van der Waals surface area contributed by atoms with E-state index in [4.69, 9.17) is 5.14 Å². The van der Waals surface area contributed by atoms with Crippen molar-refractivity contribution in [1.29, 1.82) is 0 Å². The minimum absolute atomic E-state index is 0.00887. The van der Waals surface area contributed by atoms with Gasteiger partial charge in [-0.05, 0) is 18.8 Å². The fraction of sp³-hybridized carbons (Fsp3) is 1.00. The second kappa shape index (κ2) is 3.85. The molecule has 0 spiro atoms. The number of nitrogens with two attached hydrogens (primary N) is 1. The minimum Gasteiger partial charge on any atom is -0.252 e. The maximum Gasteiger partial charge on any atom is 0.150 e. The molecule has 0 aromatic rings. The van der Waals surface area contributed by atoms with Crippen molar-refractivity contribution in [2.45, 2.75) is 12.8 Å². The highest BCUT2D eigenvalue weighted by Crippen LogP contribution is 2.18. The van der Waals surface area contributed by atoms with Crippen molar-refractivity contribution in [3.8, 4) is 0 Å². The van der Waals surface area contributed by atoms with Gasteiger partial charge in [0.25, 0.3) is 0 Å². The van der Waals surface area contributed by atoms with Gasteiger partial charge >= 0.3 is 0 Å². The van der Waals surface area contributed by atoms with Crippen molar-refractivity contribution in [3.63, 3.8) is 0 Å². The van der Waals surface area contributed by atoms with Crippen LogP contribution in [0.1, 0.15) is 12.8 Å². The van der Waals surface area contributed by atoms with Gasteiger partial charge in [0.1, 0.15) is 0 Å². The first-order valence-corrected chi connectivity index (χ1v) is 7.03.